The summed E-state index contributed by atoms with van der Waals surface area (Å²) >= 11 is 0. The Morgan fingerprint density at radius 2 is 1.14 bits per heavy atom. The van der Waals surface area contributed by atoms with Gasteiger partial charge in [-0.1, -0.05) is 78.6 Å². The largest absolute Gasteiger partial charge is 0.481 e. The number of aliphatic hydroxyl groups is 1. The van der Waals surface area contributed by atoms with Crippen LogP contribution in [-0.4, -0.2) is 43.9 Å². The van der Waals surface area contributed by atoms with Crippen molar-refractivity contribution in [3.8, 4) is 0 Å². The van der Waals surface area contributed by atoms with Gasteiger partial charge >= 0.3 is 17.9 Å². The predicted octanol–water partition coefficient (Wildman–Crippen LogP) is 4.31. The number of unbranched alkanes of at least 4 members (excludes halogenated alkanes) is 6. The topological polar surface area (TPSA) is 132 Å². The maximum Gasteiger partial charge on any atom is 0.337 e. The highest BCUT2D eigenvalue weighted by Crippen LogP contribution is 2.48. The minimum absolute atomic E-state index is 0.0553. The van der Waals surface area contributed by atoms with Gasteiger partial charge in [0.25, 0.3) is 0 Å². The summed E-state index contributed by atoms with van der Waals surface area (Å²) in [5, 5.41) is 41.1. The molecule has 0 aliphatic carbocycles. The first kappa shape index (κ1) is 26.4. The zero-order valence-corrected chi connectivity index (χ0v) is 17.6. The third-order valence-electron chi connectivity index (χ3n) is 5.78. The molecule has 0 saturated heterocycles. The number of rotatable bonds is 17. The summed E-state index contributed by atoms with van der Waals surface area (Å²) in [6.07, 6.45) is 5.55. The summed E-state index contributed by atoms with van der Waals surface area (Å²) in [4.78, 5) is 36.6. The number of carboxylic acids is 3. The number of hydrogen-bond acceptors (Lipinski definition) is 4. The zero-order chi connectivity index (χ0) is 21.8. The zero-order valence-electron chi connectivity index (χ0n) is 17.6. The molecule has 0 amide bonds. The molecule has 0 aromatic rings. The van der Waals surface area contributed by atoms with Crippen LogP contribution in [0.15, 0.2) is 0 Å². The lowest BCUT2D eigenvalue weighted by Crippen LogP contribution is -2.64. The molecular formula is C21H38O7. The fourth-order valence-corrected chi connectivity index (χ4v) is 4.03. The van der Waals surface area contributed by atoms with Crippen molar-refractivity contribution < 1.29 is 34.8 Å². The molecule has 0 fully saturated rings. The van der Waals surface area contributed by atoms with Gasteiger partial charge in [-0.15, -0.1) is 0 Å². The van der Waals surface area contributed by atoms with Crippen LogP contribution >= 0.6 is 0 Å². The molecule has 0 heterocycles. The first-order valence-corrected chi connectivity index (χ1v) is 10.6. The first-order valence-electron chi connectivity index (χ1n) is 10.6. The Hall–Kier alpha value is -1.63. The van der Waals surface area contributed by atoms with Crippen LogP contribution in [0.5, 0.6) is 0 Å². The number of carboxylic acid groups (broad SMARTS) is 3. The highest BCUT2D eigenvalue weighted by molar-refractivity contribution is 5.93. The molecule has 2 unspecified atom stereocenters. The van der Waals surface area contributed by atoms with Crippen LogP contribution in [0.4, 0.5) is 0 Å². The maximum absolute atomic E-state index is 12.4. The molecule has 4 N–H and O–H groups in total. The number of hydrogen-bond donors (Lipinski definition) is 4. The smallest absolute Gasteiger partial charge is 0.337 e. The van der Waals surface area contributed by atoms with E-state index in [0.29, 0.717) is 38.5 Å². The lowest BCUT2D eigenvalue weighted by atomic mass is 9.59. The lowest BCUT2D eigenvalue weighted by molar-refractivity contribution is -0.207. The monoisotopic (exact) mass is 402 g/mol. The van der Waals surface area contributed by atoms with Gasteiger partial charge in [0.1, 0.15) is 5.41 Å². The molecule has 0 bridgehead atoms. The molecule has 164 valence electrons. The van der Waals surface area contributed by atoms with E-state index in [4.69, 9.17) is 0 Å². The summed E-state index contributed by atoms with van der Waals surface area (Å²) in [6.45, 7) is 5.80. The third kappa shape index (κ3) is 6.19. The molecule has 0 aliphatic heterocycles. The predicted molar refractivity (Wildman–Crippen MR) is 106 cm³/mol. The molecule has 0 spiro atoms. The summed E-state index contributed by atoms with van der Waals surface area (Å²) in [7, 11) is 0. The van der Waals surface area contributed by atoms with Crippen LogP contribution in [0.1, 0.15) is 97.8 Å². The van der Waals surface area contributed by atoms with Crippen LogP contribution in [0.3, 0.4) is 0 Å². The summed E-state index contributed by atoms with van der Waals surface area (Å²) in [6, 6.07) is 0. The van der Waals surface area contributed by atoms with E-state index in [1.54, 1.807) is 0 Å². The average molecular weight is 403 g/mol. The fourth-order valence-electron chi connectivity index (χ4n) is 4.03. The van der Waals surface area contributed by atoms with Crippen molar-refractivity contribution in [2.24, 2.45) is 11.3 Å². The van der Waals surface area contributed by atoms with Gasteiger partial charge in [0.2, 0.25) is 0 Å². The quantitative estimate of drug-likeness (QED) is 0.266. The van der Waals surface area contributed by atoms with E-state index < -0.39 is 34.8 Å². The molecule has 0 aliphatic rings. The van der Waals surface area contributed by atoms with Crippen LogP contribution in [0.2, 0.25) is 0 Å². The molecular weight excluding hydrogens is 364 g/mol. The van der Waals surface area contributed by atoms with Gasteiger partial charge < -0.3 is 20.4 Å². The van der Waals surface area contributed by atoms with Crippen molar-refractivity contribution in [2.75, 3.05) is 0 Å². The van der Waals surface area contributed by atoms with Gasteiger partial charge in [-0.3, -0.25) is 9.59 Å². The Morgan fingerprint density at radius 3 is 1.46 bits per heavy atom. The molecule has 0 rings (SSSR count). The molecule has 7 heteroatoms. The minimum Gasteiger partial charge on any atom is -0.481 e. The van der Waals surface area contributed by atoms with E-state index in [9.17, 15) is 34.8 Å². The second-order valence-corrected chi connectivity index (χ2v) is 7.76. The third-order valence-corrected chi connectivity index (χ3v) is 5.78. The van der Waals surface area contributed by atoms with Crippen LogP contribution < -0.4 is 0 Å². The van der Waals surface area contributed by atoms with Crippen LogP contribution in [-0.2, 0) is 14.4 Å². The molecule has 28 heavy (non-hydrogen) atoms. The van der Waals surface area contributed by atoms with E-state index in [0.717, 1.165) is 19.3 Å². The van der Waals surface area contributed by atoms with Gasteiger partial charge in [0.05, 0.1) is 5.92 Å². The average Bonchev–Trinajstić information content (AvgIpc) is 2.63. The summed E-state index contributed by atoms with van der Waals surface area (Å²) < 4.78 is 0. The van der Waals surface area contributed by atoms with E-state index in [1.807, 2.05) is 20.8 Å². The number of carbonyl (C=O) groups is 3. The molecule has 2 atom stereocenters. The van der Waals surface area contributed by atoms with Crippen LogP contribution in [0, 0.1) is 11.3 Å². The summed E-state index contributed by atoms with van der Waals surface area (Å²) in [5.41, 5.74) is -4.89. The fraction of sp³-hybridized carbons (Fsp3) is 0.857. The molecule has 0 radical (unpaired) electrons. The lowest BCUT2D eigenvalue weighted by Gasteiger charge is -2.44. The molecule has 0 aromatic carbocycles. The normalized spacial score (nSPS) is 15.0. The van der Waals surface area contributed by atoms with Crippen molar-refractivity contribution in [1.82, 2.24) is 0 Å². The Morgan fingerprint density at radius 1 is 0.714 bits per heavy atom. The second kappa shape index (κ2) is 12.8. The van der Waals surface area contributed by atoms with Crippen molar-refractivity contribution in [3.05, 3.63) is 0 Å². The second-order valence-electron chi connectivity index (χ2n) is 7.76. The van der Waals surface area contributed by atoms with E-state index in [1.165, 1.54) is 0 Å². The Balaban J connectivity index is 6.29. The SMILES string of the molecule is CCCCCC(C(=O)O)C(O)(C(=O)O)C(CCCCC)(CCCCC)C(=O)O. The van der Waals surface area contributed by atoms with E-state index >= 15 is 0 Å². The van der Waals surface area contributed by atoms with Gasteiger partial charge in [-0.2, -0.15) is 0 Å². The highest BCUT2D eigenvalue weighted by Gasteiger charge is 2.65. The maximum atomic E-state index is 12.4. The van der Waals surface area contributed by atoms with Gasteiger partial charge in [-0.25, -0.2) is 4.79 Å². The van der Waals surface area contributed by atoms with E-state index in [2.05, 4.69) is 0 Å². The number of aliphatic carboxylic acids is 3. The molecule has 7 nitrogen and oxygen atoms in total. The molecule has 0 aromatic heterocycles. The van der Waals surface area contributed by atoms with Gasteiger partial charge in [0.15, 0.2) is 5.60 Å². The Labute approximate surface area is 168 Å². The Kier molecular flexibility index (Phi) is 12.0. The summed E-state index contributed by atoms with van der Waals surface area (Å²) in [5.74, 6) is -6.31. The van der Waals surface area contributed by atoms with Crippen LogP contribution in [0.25, 0.3) is 0 Å². The standard InChI is InChI=1S/C21H38O7/c1-4-7-10-13-16(17(22)23)21(28,19(26)27)20(18(24)25,14-11-8-5-2)15-12-9-6-3/h16,28H,4-15H2,1-3H3,(H,22,23)(H,24,25)(H,26,27). The van der Waals surface area contributed by atoms with Gasteiger partial charge in [0, 0.05) is 0 Å². The van der Waals surface area contributed by atoms with Crippen molar-refractivity contribution in [3.63, 3.8) is 0 Å². The van der Waals surface area contributed by atoms with Crippen molar-refractivity contribution in [2.45, 2.75) is 103 Å². The first-order chi connectivity index (χ1) is 13.2. The molecule has 0 saturated carbocycles. The Bertz CT molecular complexity index is 493. The van der Waals surface area contributed by atoms with Crippen molar-refractivity contribution >= 4 is 17.9 Å². The van der Waals surface area contributed by atoms with E-state index in [-0.39, 0.29) is 19.3 Å². The highest BCUT2D eigenvalue weighted by atomic mass is 16.4. The van der Waals surface area contributed by atoms with Crippen molar-refractivity contribution in [1.29, 1.82) is 0 Å². The van der Waals surface area contributed by atoms with Gasteiger partial charge in [-0.05, 0) is 19.3 Å². The minimum atomic E-state index is -2.86.